The molecule has 1 atom stereocenters. The van der Waals surface area contributed by atoms with Crippen molar-refractivity contribution in [1.82, 2.24) is 4.98 Å². The lowest BCUT2D eigenvalue weighted by Crippen LogP contribution is -2.08. The van der Waals surface area contributed by atoms with E-state index in [1.165, 1.54) is 32.1 Å². The molecule has 2 rings (SSSR count). The van der Waals surface area contributed by atoms with E-state index in [1.54, 1.807) is 6.92 Å². The van der Waals surface area contributed by atoms with Crippen LogP contribution in [0, 0.1) is 6.92 Å². The molecule has 3 heteroatoms. The van der Waals surface area contributed by atoms with Crippen molar-refractivity contribution in [2.75, 3.05) is 0 Å². The first kappa shape index (κ1) is 12.9. The monoisotopic (exact) mass is 251 g/mol. The van der Waals surface area contributed by atoms with E-state index in [1.807, 2.05) is 30.8 Å². The third-order valence-corrected chi connectivity index (χ3v) is 4.66. The number of rotatable bonds is 3. The van der Waals surface area contributed by atoms with Crippen LogP contribution in [0.3, 0.4) is 0 Å². The van der Waals surface area contributed by atoms with Gasteiger partial charge in [0.15, 0.2) is 0 Å². The first-order valence-corrected chi connectivity index (χ1v) is 7.37. The van der Waals surface area contributed by atoms with Crippen molar-refractivity contribution in [3.8, 4) is 0 Å². The highest BCUT2D eigenvalue weighted by molar-refractivity contribution is 7.99. The van der Waals surface area contributed by atoms with Crippen molar-refractivity contribution < 1.29 is 5.11 Å². The van der Waals surface area contributed by atoms with Crippen molar-refractivity contribution in [2.45, 2.75) is 62.3 Å². The van der Waals surface area contributed by atoms with E-state index in [-0.39, 0.29) is 0 Å². The van der Waals surface area contributed by atoms with E-state index in [4.69, 9.17) is 0 Å². The summed E-state index contributed by atoms with van der Waals surface area (Å²) in [7, 11) is 0. The van der Waals surface area contributed by atoms with Crippen LogP contribution in [0.1, 0.15) is 56.4 Å². The normalized spacial score (nSPS) is 19.2. The molecule has 1 aromatic heterocycles. The lowest BCUT2D eigenvalue weighted by Gasteiger charge is -2.20. The van der Waals surface area contributed by atoms with Gasteiger partial charge in [-0.15, -0.1) is 11.8 Å². The molecule has 0 saturated heterocycles. The summed E-state index contributed by atoms with van der Waals surface area (Å²) >= 11 is 1.91. The number of aromatic nitrogens is 1. The van der Waals surface area contributed by atoms with Gasteiger partial charge in [-0.05, 0) is 32.8 Å². The maximum atomic E-state index is 9.57. The standard InChI is InChI=1S/C14H21NOS/c1-10-13(11(2)16)8-9-14(15-10)17-12-6-4-3-5-7-12/h8-9,11-12,16H,3-7H2,1-2H3. The first-order chi connectivity index (χ1) is 8.16. The maximum Gasteiger partial charge on any atom is 0.0965 e. The van der Waals surface area contributed by atoms with E-state index in [2.05, 4.69) is 4.98 Å². The minimum absolute atomic E-state index is 0.420. The molecule has 1 aliphatic rings. The molecule has 0 aliphatic heterocycles. The summed E-state index contributed by atoms with van der Waals surface area (Å²) in [5, 5.41) is 11.4. The number of thioether (sulfide) groups is 1. The van der Waals surface area contributed by atoms with Gasteiger partial charge in [0.05, 0.1) is 11.1 Å². The molecular formula is C14H21NOS. The van der Waals surface area contributed by atoms with Gasteiger partial charge in [0.25, 0.3) is 0 Å². The van der Waals surface area contributed by atoms with Gasteiger partial charge >= 0.3 is 0 Å². The van der Waals surface area contributed by atoms with Crippen LogP contribution in [-0.2, 0) is 0 Å². The number of pyridine rings is 1. The van der Waals surface area contributed by atoms with Crippen LogP contribution >= 0.6 is 11.8 Å². The molecule has 1 fully saturated rings. The molecule has 1 unspecified atom stereocenters. The number of hydrogen-bond acceptors (Lipinski definition) is 3. The van der Waals surface area contributed by atoms with E-state index < -0.39 is 6.10 Å². The highest BCUT2D eigenvalue weighted by Gasteiger charge is 2.16. The average molecular weight is 251 g/mol. The predicted molar refractivity (Wildman–Crippen MR) is 72.3 cm³/mol. The van der Waals surface area contributed by atoms with Crippen LogP contribution in [0.2, 0.25) is 0 Å². The molecule has 17 heavy (non-hydrogen) atoms. The van der Waals surface area contributed by atoms with Gasteiger partial charge in [0.1, 0.15) is 0 Å². The van der Waals surface area contributed by atoms with Gasteiger partial charge in [-0.2, -0.15) is 0 Å². The van der Waals surface area contributed by atoms with E-state index in [9.17, 15) is 5.11 Å². The second kappa shape index (κ2) is 5.87. The molecule has 0 amide bonds. The zero-order chi connectivity index (χ0) is 12.3. The van der Waals surface area contributed by atoms with Gasteiger partial charge < -0.3 is 5.11 Å². The van der Waals surface area contributed by atoms with Crippen LogP contribution in [0.25, 0.3) is 0 Å². The average Bonchev–Trinajstić information content (AvgIpc) is 2.30. The summed E-state index contributed by atoms with van der Waals surface area (Å²) in [6, 6.07) is 4.06. The highest BCUT2D eigenvalue weighted by Crippen LogP contribution is 2.33. The fraction of sp³-hybridized carbons (Fsp3) is 0.643. The molecule has 1 N–H and O–H groups in total. The minimum atomic E-state index is -0.420. The largest absolute Gasteiger partial charge is 0.389 e. The summed E-state index contributed by atoms with van der Waals surface area (Å²) < 4.78 is 0. The molecule has 0 aromatic carbocycles. The van der Waals surface area contributed by atoms with Gasteiger partial charge in [-0.3, -0.25) is 0 Å². The topological polar surface area (TPSA) is 33.1 Å². The molecule has 0 spiro atoms. The third-order valence-electron chi connectivity index (χ3n) is 3.39. The van der Waals surface area contributed by atoms with E-state index in [0.717, 1.165) is 21.5 Å². The van der Waals surface area contributed by atoms with Gasteiger partial charge in [0, 0.05) is 16.5 Å². The van der Waals surface area contributed by atoms with Crippen molar-refractivity contribution in [1.29, 1.82) is 0 Å². The Kier molecular flexibility index (Phi) is 4.46. The van der Waals surface area contributed by atoms with Gasteiger partial charge in [0.2, 0.25) is 0 Å². The second-order valence-corrected chi connectivity index (χ2v) is 6.20. The molecule has 1 aromatic rings. The number of hydrogen-bond donors (Lipinski definition) is 1. The number of aryl methyl sites for hydroxylation is 1. The van der Waals surface area contributed by atoms with Crippen LogP contribution in [0.4, 0.5) is 0 Å². The Labute approximate surface area is 108 Å². The van der Waals surface area contributed by atoms with Crippen LogP contribution in [-0.4, -0.2) is 15.3 Å². The smallest absolute Gasteiger partial charge is 0.0965 e. The number of aliphatic hydroxyl groups is 1. The van der Waals surface area contributed by atoms with Crippen LogP contribution in [0.15, 0.2) is 17.2 Å². The molecule has 0 radical (unpaired) electrons. The second-order valence-electron chi connectivity index (χ2n) is 4.88. The fourth-order valence-corrected chi connectivity index (χ4v) is 3.66. The lowest BCUT2D eigenvalue weighted by molar-refractivity contribution is 0.198. The minimum Gasteiger partial charge on any atom is -0.389 e. The van der Waals surface area contributed by atoms with Gasteiger partial charge in [-0.1, -0.05) is 25.3 Å². The Morgan fingerprint density at radius 2 is 2.00 bits per heavy atom. The molecule has 1 saturated carbocycles. The number of nitrogens with zero attached hydrogens (tertiary/aromatic N) is 1. The zero-order valence-corrected chi connectivity index (χ0v) is 11.5. The molecular weight excluding hydrogens is 230 g/mol. The lowest BCUT2D eigenvalue weighted by atomic mass is 10.0. The summed E-state index contributed by atoms with van der Waals surface area (Å²) in [6.45, 7) is 3.77. The van der Waals surface area contributed by atoms with E-state index in [0.29, 0.717) is 0 Å². The Balaban J connectivity index is 2.04. The molecule has 94 valence electrons. The maximum absolute atomic E-state index is 9.57. The van der Waals surface area contributed by atoms with Crippen LogP contribution < -0.4 is 0 Å². The highest BCUT2D eigenvalue weighted by atomic mass is 32.2. The Morgan fingerprint density at radius 3 is 2.59 bits per heavy atom. The SMILES string of the molecule is Cc1nc(SC2CCCCC2)ccc1C(C)O. The Bertz CT molecular complexity index is 372. The van der Waals surface area contributed by atoms with E-state index >= 15 is 0 Å². The Hall–Kier alpha value is -0.540. The fourth-order valence-electron chi connectivity index (χ4n) is 2.41. The third kappa shape index (κ3) is 3.46. The van der Waals surface area contributed by atoms with Crippen molar-refractivity contribution in [3.63, 3.8) is 0 Å². The molecule has 1 heterocycles. The van der Waals surface area contributed by atoms with Gasteiger partial charge in [-0.25, -0.2) is 4.98 Å². The molecule has 0 bridgehead atoms. The first-order valence-electron chi connectivity index (χ1n) is 6.49. The van der Waals surface area contributed by atoms with Crippen molar-refractivity contribution >= 4 is 11.8 Å². The Morgan fingerprint density at radius 1 is 1.29 bits per heavy atom. The zero-order valence-electron chi connectivity index (χ0n) is 10.6. The number of aliphatic hydroxyl groups excluding tert-OH is 1. The predicted octanol–water partition coefficient (Wildman–Crippen LogP) is 3.87. The summed E-state index contributed by atoms with van der Waals surface area (Å²) in [4.78, 5) is 4.59. The van der Waals surface area contributed by atoms with Crippen molar-refractivity contribution in [3.05, 3.63) is 23.4 Å². The van der Waals surface area contributed by atoms with Crippen molar-refractivity contribution in [2.24, 2.45) is 0 Å². The summed E-state index contributed by atoms with van der Waals surface area (Å²) in [6.07, 6.45) is 6.35. The molecule has 1 aliphatic carbocycles. The summed E-state index contributed by atoms with van der Waals surface area (Å²) in [5.41, 5.74) is 1.90. The summed E-state index contributed by atoms with van der Waals surface area (Å²) in [5.74, 6) is 0. The molecule has 2 nitrogen and oxygen atoms in total. The quantitative estimate of drug-likeness (QED) is 0.885. The van der Waals surface area contributed by atoms with Crippen LogP contribution in [0.5, 0.6) is 0 Å².